The monoisotopic (exact) mass is 287 g/mol. The Balaban J connectivity index is 2.08. The van der Waals surface area contributed by atoms with Crippen LogP contribution in [0.25, 0.3) is 0 Å². The first-order chi connectivity index (χ1) is 9.97. The second kappa shape index (κ2) is 6.00. The van der Waals surface area contributed by atoms with E-state index in [0.29, 0.717) is 11.3 Å². The molecular weight excluding hydrogens is 274 g/mol. The van der Waals surface area contributed by atoms with Gasteiger partial charge in [-0.25, -0.2) is 5.43 Å². The highest BCUT2D eigenvalue weighted by atomic mass is 16.6. The third-order valence-electron chi connectivity index (χ3n) is 2.79. The van der Waals surface area contributed by atoms with Crippen molar-refractivity contribution in [2.45, 2.75) is 13.8 Å². The molecule has 1 heterocycles. The van der Waals surface area contributed by atoms with Crippen LogP contribution in [-0.2, 0) is 0 Å². The van der Waals surface area contributed by atoms with Gasteiger partial charge in [0.25, 0.3) is 11.6 Å². The highest BCUT2D eigenvalue weighted by Gasteiger charge is 2.14. The number of benzene rings is 1. The van der Waals surface area contributed by atoms with Gasteiger partial charge in [-0.3, -0.25) is 14.9 Å². The van der Waals surface area contributed by atoms with E-state index in [1.54, 1.807) is 26.0 Å². The molecule has 0 atom stereocenters. The second-order valence-corrected chi connectivity index (χ2v) is 4.41. The number of aryl methyl sites for hydroxylation is 2. The molecule has 0 radical (unpaired) electrons. The summed E-state index contributed by atoms with van der Waals surface area (Å²) in [5, 5.41) is 14.6. The molecule has 0 spiro atoms. The van der Waals surface area contributed by atoms with Crippen molar-refractivity contribution in [3.63, 3.8) is 0 Å². The molecule has 1 aromatic heterocycles. The number of nitrogens with zero attached hydrogens (tertiary/aromatic N) is 2. The number of rotatable bonds is 4. The molecular formula is C14H13N3O4. The van der Waals surface area contributed by atoms with Gasteiger partial charge in [-0.15, -0.1) is 0 Å². The fraction of sp³-hybridized carbons (Fsp3) is 0.143. The normalized spacial score (nSPS) is 10.8. The number of nitrogens with one attached hydrogen (secondary N) is 1. The molecule has 2 aromatic rings. The summed E-state index contributed by atoms with van der Waals surface area (Å²) >= 11 is 0. The summed E-state index contributed by atoms with van der Waals surface area (Å²) in [5.74, 6) is 0.706. The van der Waals surface area contributed by atoms with E-state index >= 15 is 0 Å². The van der Waals surface area contributed by atoms with Gasteiger partial charge in [0.1, 0.15) is 11.5 Å². The van der Waals surface area contributed by atoms with Crippen LogP contribution in [0, 0.1) is 24.0 Å². The van der Waals surface area contributed by atoms with Crippen LogP contribution in [0.3, 0.4) is 0 Å². The van der Waals surface area contributed by atoms with Gasteiger partial charge in [0.2, 0.25) is 0 Å². The molecule has 1 N–H and O–H groups in total. The summed E-state index contributed by atoms with van der Waals surface area (Å²) in [6.45, 7) is 3.40. The Kier molecular flexibility index (Phi) is 4.13. The zero-order valence-corrected chi connectivity index (χ0v) is 11.5. The fourth-order valence-corrected chi connectivity index (χ4v) is 1.69. The van der Waals surface area contributed by atoms with Crippen LogP contribution < -0.4 is 5.43 Å². The smallest absolute Gasteiger partial charge is 0.273 e. The first-order valence-electron chi connectivity index (χ1n) is 6.12. The van der Waals surface area contributed by atoms with Crippen LogP contribution in [0.5, 0.6) is 0 Å². The third-order valence-corrected chi connectivity index (χ3v) is 2.79. The van der Waals surface area contributed by atoms with Crippen molar-refractivity contribution in [3.8, 4) is 0 Å². The lowest BCUT2D eigenvalue weighted by molar-refractivity contribution is -0.385. The summed E-state index contributed by atoms with van der Waals surface area (Å²) in [5.41, 5.74) is 2.85. The van der Waals surface area contributed by atoms with Crippen LogP contribution in [-0.4, -0.2) is 17.0 Å². The van der Waals surface area contributed by atoms with Gasteiger partial charge in [-0.05, 0) is 32.0 Å². The van der Waals surface area contributed by atoms with Crippen molar-refractivity contribution in [2.24, 2.45) is 5.10 Å². The zero-order valence-electron chi connectivity index (χ0n) is 11.5. The van der Waals surface area contributed by atoms with E-state index in [4.69, 9.17) is 4.42 Å². The van der Waals surface area contributed by atoms with E-state index in [0.717, 1.165) is 5.76 Å². The van der Waals surface area contributed by atoms with E-state index < -0.39 is 10.8 Å². The van der Waals surface area contributed by atoms with E-state index in [-0.39, 0.29) is 11.3 Å². The number of amides is 1. The minimum atomic E-state index is -0.530. The van der Waals surface area contributed by atoms with Crippen LogP contribution in [0.15, 0.2) is 39.9 Å². The predicted molar refractivity (Wildman–Crippen MR) is 76.3 cm³/mol. The molecule has 0 aliphatic rings. The van der Waals surface area contributed by atoms with Crippen molar-refractivity contribution in [1.82, 2.24) is 5.43 Å². The van der Waals surface area contributed by atoms with Crippen molar-refractivity contribution >= 4 is 17.8 Å². The summed E-state index contributed by atoms with van der Waals surface area (Å²) in [4.78, 5) is 22.2. The molecule has 1 amide bonds. The van der Waals surface area contributed by atoms with Crippen LogP contribution in [0.4, 0.5) is 5.69 Å². The lowest BCUT2D eigenvalue weighted by Gasteiger charge is -2.01. The SMILES string of the molecule is Cc1ccc(/C=N\NC(=O)c2ccc(C)c([N+](=O)[O-])c2)o1. The van der Waals surface area contributed by atoms with Gasteiger partial charge >= 0.3 is 0 Å². The quantitative estimate of drug-likeness (QED) is 0.530. The van der Waals surface area contributed by atoms with Gasteiger partial charge in [-0.1, -0.05) is 6.07 Å². The molecule has 2 rings (SSSR count). The molecule has 0 saturated heterocycles. The number of nitro benzene ring substituents is 1. The van der Waals surface area contributed by atoms with E-state index in [9.17, 15) is 14.9 Å². The summed E-state index contributed by atoms with van der Waals surface area (Å²) in [6, 6.07) is 7.72. The number of nitro groups is 1. The highest BCUT2D eigenvalue weighted by Crippen LogP contribution is 2.19. The maximum absolute atomic E-state index is 11.8. The molecule has 0 saturated carbocycles. The minimum absolute atomic E-state index is 0.103. The first kappa shape index (κ1) is 14.4. The number of hydrazone groups is 1. The molecule has 0 aliphatic carbocycles. The molecule has 0 bridgehead atoms. The third kappa shape index (κ3) is 3.53. The summed E-state index contributed by atoms with van der Waals surface area (Å²) in [6.07, 6.45) is 1.35. The van der Waals surface area contributed by atoms with Gasteiger partial charge in [0.15, 0.2) is 0 Å². The van der Waals surface area contributed by atoms with Gasteiger partial charge < -0.3 is 4.42 Å². The Labute approximate surface area is 120 Å². The Morgan fingerprint density at radius 1 is 1.33 bits per heavy atom. The van der Waals surface area contributed by atoms with E-state index in [1.165, 1.54) is 24.4 Å². The van der Waals surface area contributed by atoms with Gasteiger partial charge in [-0.2, -0.15) is 5.10 Å². The summed E-state index contributed by atoms with van der Waals surface area (Å²) < 4.78 is 5.25. The molecule has 0 unspecified atom stereocenters. The molecule has 0 fully saturated rings. The lowest BCUT2D eigenvalue weighted by atomic mass is 10.1. The topological polar surface area (TPSA) is 97.7 Å². The Morgan fingerprint density at radius 2 is 2.10 bits per heavy atom. The maximum atomic E-state index is 11.8. The van der Waals surface area contributed by atoms with Crippen molar-refractivity contribution in [3.05, 3.63) is 63.1 Å². The van der Waals surface area contributed by atoms with Crippen LogP contribution in [0.2, 0.25) is 0 Å². The van der Waals surface area contributed by atoms with Crippen molar-refractivity contribution < 1.29 is 14.1 Å². The van der Waals surface area contributed by atoms with E-state index in [1.807, 2.05) is 0 Å². The fourth-order valence-electron chi connectivity index (χ4n) is 1.69. The standard InChI is InChI=1S/C14H13N3O4/c1-9-3-5-11(7-13(9)17(19)20)14(18)16-15-8-12-6-4-10(2)21-12/h3-8H,1-2H3,(H,16,18)/b15-8-. The molecule has 7 heteroatoms. The minimum Gasteiger partial charge on any atom is -0.460 e. The number of carbonyl (C=O) groups excluding carboxylic acids is 1. The number of furan rings is 1. The molecule has 108 valence electrons. The number of carbonyl (C=O) groups is 1. The lowest BCUT2D eigenvalue weighted by Crippen LogP contribution is -2.17. The Hall–Kier alpha value is -2.96. The highest BCUT2D eigenvalue weighted by molar-refractivity contribution is 5.95. The average molecular weight is 287 g/mol. The molecule has 1 aromatic carbocycles. The average Bonchev–Trinajstić information content (AvgIpc) is 2.84. The van der Waals surface area contributed by atoms with Crippen LogP contribution in [0.1, 0.15) is 27.4 Å². The molecule has 7 nitrogen and oxygen atoms in total. The maximum Gasteiger partial charge on any atom is 0.273 e. The molecule has 21 heavy (non-hydrogen) atoms. The predicted octanol–water partition coefficient (Wildman–Crippen LogP) is 2.57. The largest absolute Gasteiger partial charge is 0.460 e. The van der Waals surface area contributed by atoms with Crippen molar-refractivity contribution in [2.75, 3.05) is 0 Å². The summed E-state index contributed by atoms with van der Waals surface area (Å²) in [7, 11) is 0. The zero-order chi connectivity index (χ0) is 15.4. The van der Waals surface area contributed by atoms with Gasteiger partial charge in [0, 0.05) is 17.2 Å². The molecule has 0 aliphatic heterocycles. The number of hydrogen-bond donors (Lipinski definition) is 1. The van der Waals surface area contributed by atoms with Gasteiger partial charge in [0.05, 0.1) is 11.1 Å². The first-order valence-corrected chi connectivity index (χ1v) is 6.12. The van der Waals surface area contributed by atoms with Crippen LogP contribution >= 0.6 is 0 Å². The van der Waals surface area contributed by atoms with E-state index in [2.05, 4.69) is 10.5 Å². The number of hydrogen-bond acceptors (Lipinski definition) is 5. The second-order valence-electron chi connectivity index (χ2n) is 4.41. The Morgan fingerprint density at radius 3 is 2.71 bits per heavy atom. The van der Waals surface area contributed by atoms with Crippen molar-refractivity contribution in [1.29, 1.82) is 0 Å². The Bertz CT molecular complexity index is 719.